The molecule has 0 saturated carbocycles. The second-order valence-electron chi connectivity index (χ2n) is 11.2. The molecule has 2 saturated heterocycles. The monoisotopic (exact) mass is 585 g/mol. The van der Waals surface area contributed by atoms with Gasteiger partial charge >= 0.3 is 6.01 Å². The van der Waals surface area contributed by atoms with Gasteiger partial charge in [-0.25, -0.2) is 0 Å². The lowest BCUT2D eigenvalue weighted by atomic mass is 9.88. The van der Waals surface area contributed by atoms with Crippen molar-refractivity contribution in [1.29, 1.82) is 5.26 Å². The smallest absolute Gasteiger partial charge is 0.318 e. The van der Waals surface area contributed by atoms with E-state index in [1.54, 1.807) is 0 Å². The maximum absolute atomic E-state index is 12.9. The number of ether oxygens (including phenoxy) is 1. The molecular formula is C33H35ClN6O2. The van der Waals surface area contributed by atoms with E-state index in [1.807, 2.05) is 18.2 Å². The molecule has 2 unspecified atom stereocenters. The quantitative estimate of drug-likeness (QED) is 0.345. The average Bonchev–Trinajstić information content (AvgIpc) is 3.46. The Kier molecular flexibility index (Phi) is 7.12. The van der Waals surface area contributed by atoms with E-state index in [4.69, 9.17) is 30.4 Å². The summed E-state index contributed by atoms with van der Waals surface area (Å²) in [6.45, 7) is 1.64. The maximum atomic E-state index is 12.9. The first-order valence-corrected chi connectivity index (χ1v) is 14.8. The number of rotatable bonds is 7. The lowest BCUT2D eigenvalue weighted by Crippen LogP contribution is -2.55. The fourth-order valence-electron chi connectivity index (χ4n) is 6.45. The molecule has 6 rings (SSSR count). The predicted molar refractivity (Wildman–Crippen MR) is 166 cm³/mol. The van der Waals surface area contributed by atoms with E-state index in [-0.39, 0.29) is 25.0 Å². The fourth-order valence-corrected chi connectivity index (χ4v) is 6.74. The average molecular weight is 586 g/mol. The molecule has 1 aromatic heterocycles. The van der Waals surface area contributed by atoms with Crippen molar-refractivity contribution in [1.82, 2.24) is 19.8 Å². The zero-order valence-electron chi connectivity index (χ0n) is 26.6. The Morgan fingerprint density at radius 2 is 2.10 bits per heavy atom. The summed E-state index contributed by atoms with van der Waals surface area (Å²) in [5, 5.41) is 12.4. The van der Waals surface area contributed by atoms with Crippen LogP contribution in [0.2, 0.25) is 5.02 Å². The van der Waals surface area contributed by atoms with Crippen molar-refractivity contribution in [3.8, 4) is 12.1 Å². The number of amides is 1. The highest BCUT2D eigenvalue weighted by molar-refractivity contribution is 6.36. The van der Waals surface area contributed by atoms with E-state index < -0.39 is 24.5 Å². The lowest BCUT2D eigenvalue weighted by molar-refractivity contribution is -0.128. The third kappa shape index (κ3) is 5.47. The minimum atomic E-state index is -0.840. The van der Waals surface area contributed by atoms with Gasteiger partial charge in [-0.2, -0.15) is 15.2 Å². The molecule has 42 heavy (non-hydrogen) atoms. The summed E-state index contributed by atoms with van der Waals surface area (Å²) >= 11 is 6.69. The Hall–Kier alpha value is -3.93. The first kappa shape index (κ1) is 24.6. The molecule has 8 nitrogen and oxygen atoms in total. The number of aromatic nitrogens is 2. The summed E-state index contributed by atoms with van der Waals surface area (Å²) in [6.07, 6.45) is 5.77. The molecule has 2 fully saturated rings. The van der Waals surface area contributed by atoms with Crippen LogP contribution in [0, 0.1) is 11.3 Å². The number of allylic oxidation sites excluding steroid dienone is 1. The van der Waals surface area contributed by atoms with Crippen molar-refractivity contribution in [3.63, 3.8) is 0 Å². The van der Waals surface area contributed by atoms with E-state index in [2.05, 4.69) is 47.2 Å². The number of piperazine rings is 1. The van der Waals surface area contributed by atoms with Crippen LogP contribution in [0.3, 0.4) is 0 Å². The van der Waals surface area contributed by atoms with Crippen LogP contribution in [0.15, 0.2) is 49.0 Å². The summed E-state index contributed by atoms with van der Waals surface area (Å²) < 4.78 is 29.0. The molecule has 3 aromatic rings. The number of nitriles is 1. The largest absolute Gasteiger partial charge is 0.462 e. The molecule has 2 aromatic carbocycles. The van der Waals surface area contributed by atoms with Gasteiger partial charge in [0.2, 0.25) is 5.91 Å². The number of carbonyl (C=O) groups is 1. The molecule has 1 aliphatic carbocycles. The van der Waals surface area contributed by atoms with Gasteiger partial charge in [-0.05, 0) is 74.0 Å². The predicted octanol–water partition coefficient (Wildman–Crippen LogP) is 5.36. The zero-order chi connectivity index (χ0) is 31.7. The molecule has 9 heteroatoms. The number of likely N-dealkylation sites (N-methyl/N-ethyl adjacent to an activating group) is 1. The van der Waals surface area contributed by atoms with Gasteiger partial charge in [-0.1, -0.05) is 48.5 Å². The van der Waals surface area contributed by atoms with Crippen LogP contribution in [0.5, 0.6) is 6.01 Å². The summed E-state index contributed by atoms with van der Waals surface area (Å²) in [4.78, 5) is 28.5. The first-order valence-electron chi connectivity index (χ1n) is 15.9. The Labute approximate surface area is 256 Å². The second-order valence-corrected chi connectivity index (χ2v) is 11.6. The van der Waals surface area contributed by atoms with Crippen LogP contribution in [0.25, 0.3) is 22.4 Å². The van der Waals surface area contributed by atoms with Crippen molar-refractivity contribution in [3.05, 3.63) is 70.8 Å². The Bertz CT molecular complexity index is 1730. The normalized spacial score (nSPS) is 21.5. The molecule has 1 amide bonds. The van der Waals surface area contributed by atoms with Crippen LogP contribution in [-0.2, 0) is 11.2 Å². The topological polar surface area (TPSA) is 85.6 Å². The zero-order valence-corrected chi connectivity index (χ0v) is 24.4. The van der Waals surface area contributed by atoms with Crippen LogP contribution in [0.4, 0.5) is 5.82 Å². The van der Waals surface area contributed by atoms with E-state index in [0.29, 0.717) is 31.1 Å². The molecule has 2 atom stereocenters. The number of likely N-dealkylation sites (tertiary alicyclic amines) is 1. The number of anilines is 1. The number of benzene rings is 2. The van der Waals surface area contributed by atoms with Crippen molar-refractivity contribution < 1.29 is 13.6 Å². The van der Waals surface area contributed by atoms with E-state index in [0.717, 1.165) is 64.8 Å². The Morgan fingerprint density at radius 3 is 2.88 bits per heavy atom. The van der Waals surface area contributed by atoms with Gasteiger partial charge in [0.1, 0.15) is 12.4 Å². The van der Waals surface area contributed by atoms with Crippen molar-refractivity contribution >= 4 is 45.7 Å². The van der Waals surface area contributed by atoms with Crippen molar-refractivity contribution in [2.24, 2.45) is 0 Å². The highest BCUT2D eigenvalue weighted by atomic mass is 35.5. The molecule has 0 spiro atoms. The molecule has 216 valence electrons. The minimum absolute atomic E-state index is 0.0530. The minimum Gasteiger partial charge on any atom is -0.462 e. The molecule has 0 bridgehead atoms. The molecule has 2 aliphatic heterocycles. The van der Waals surface area contributed by atoms with E-state index in [9.17, 15) is 10.1 Å². The van der Waals surface area contributed by atoms with Gasteiger partial charge in [0.15, 0.2) is 0 Å². The van der Waals surface area contributed by atoms with E-state index >= 15 is 0 Å². The standard InChI is InChI=1S/C33H35ClN6O2/c1-3-30(41)40-18-17-39(20-24(40)14-15-35)32-27-13-12-23(26-10-4-7-22-8-5-11-28(34)31(22)26)19-29(27)36-33(37-32)42-21-25-9-6-16-38(25)2/h3-5,7-8,10-11,19,24-25H,1,6,9,12-14,16-18,20-21H2,2H3/i1D2,3D. The summed E-state index contributed by atoms with van der Waals surface area (Å²) in [5.74, 6) is 0.0185. The number of hydrogen-bond donors (Lipinski definition) is 0. The summed E-state index contributed by atoms with van der Waals surface area (Å²) in [5.41, 5.74) is 3.95. The second kappa shape index (κ2) is 12.1. The van der Waals surface area contributed by atoms with Crippen LogP contribution in [0.1, 0.15) is 46.6 Å². The third-order valence-corrected chi connectivity index (χ3v) is 9.02. The summed E-state index contributed by atoms with van der Waals surface area (Å²) in [6, 6.07) is 13.7. The summed E-state index contributed by atoms with van der Waals surface area (Å²) in [7, 11) is 2.10. The lowest BCUT2D eigenvalue weighted by Gasteiger charge is -2.41. The van der Waals surface area contributed by atoms with Crippen molar-refractivity contribution in [2.75, 3.05) is 44.7 Å². The van der Waals surface area contributed by atoms with Crippen LogP contribution < -0.4 is 9.64 Å². The van der Waals surface area contributed by atoms with Gasteiger partial charge in [-0.3, -0.25) is 4.79 Å². The van der Waals surface area contributed by atoms with Gasteiger partial charge in [0, 0.05) is 41.6 Å². The van der Waals surface area contributed by atoms with Crippen molar-refractivity contribution in [2.45, 2.75) is 44.2 Å². The van der Waals surface area contributed by atoms with Gasteiger partial charge in [0.25, 0.3) is 0 Å². The highest BCUT2D eigenvalue weighted by Crippen LogP contribution is 2.39. The molecule has 3 aliphatic rings. The van der Waals surface area contributed by atoms with Crippen LogP contribution >= 0.6 is 11.6 Å². The number of fused-ring (bicyclic) bond motifs is 2. The third-order valence-electron chi connectivity index (χ3n) is 8.71. The number of halogens is 1. The fraction of sp³-hybridized carbons (Fsp3) is 0.394. The van der Waals surface area contributed by atoms with Gasteiger partial charge < -0.3 is 19.4 Å². The molecular weight excluding hydrogens is 548 g/mol. The highest BCUT2D eigenvalue weighted by Gasteiger charge is 2.33. The van der Waals surface area contributed by atoms with Gasteiger partial charge in [0.05, 0.1) is 28.3 Å². The molecule has 3 heterocycles. The number of carbonyl (C=O) groups excluding carboxylic acids is 1. The maximum Gasteiger partial charge on any atom is 0.318 e. The SMILES string of the molecule is [2H]C([2H])=C([2H])C(=O)N1CCN(c2nc(OCC3CCCN3C)nc3c2CCC(c2cccc4cccc(Cl)c24)=C3)CC1CC#N. The number of nitrogens with zero attached hydrogens (tertiary/aromatic N) is 6. The van der Waals surface area contributed by atoms with E-state index in [1.165, 1.54) is 4.90 Å². The Balaban J connectivity index is 1.38. The first-order chi connectivity index (χ1) is 21.7. The van der Waals surface area contributed by atoms with Crippen LogP contribution in [-0.4, -0.2) is 77.6 Å². The molecule has 0 radical (unpaired) electrons. The molecule has 0 N–H and O–H groups in total. The van der Waals surface area contributed by atoms with Gasteiger partial charge in [-0.15, -0.1) is 0 Å². The Morgan fingerprint density at radius 1 is 1.24 bits per heavy atom. The number of hydrogen-bond acceptors (Lipinski definition) is 7.